The van der Waals surface area contributed by atoms with Crippen LogP contribution in [0.15, 0.2) is 46.9 Å². The van der Waals surface area contributed by atoms with E-state index in [1.807, 2.05) is 18.2 Å². The van der Waals surface area contributed by atoms with Gasteiger partial charge in [-0.15, -0.1) is 0 Å². The van der Waals surface area contributed by atoms with E-state index in [9.17, 15) is 9.59 Å². The fourth-order valence-electron chi connectivity index (χ4n) is 2.70. The zero-order chi connectivity index (χ0) is 21.2. The zero-order valence-corrected chi connectivity index (χ0v) is 18.8. The van der Waals surface area contributed by atoms with Crippen LogP contribution in [0.25, 0.3) is 0 Å². The minimum atomic E-state index is -0.261. The van der Waals surface area contributed by atoms with Gasteiger partial charge in [0.15, 0.2) is 6.61 Å². The molecule has 0 radical (unpaired) electrons. The van der Waals surface area contributed by atoms with Crippen LogP contribution < -0.4 is 15.4 Å². The smallest absolute Gasteiger partial charge is 0.262 e. The lowest BCUT2D eigenvalue weighted by Gasteiger charge is -2.13. The summed E-state index contributed by atoms with van der Waals surface area (Å²) in [5.41, 5.74) is 2.42. The van der Waals surface area contributed by atoms with Gasteiger partial charge >= 0.3 is 0 Å². The Hall–Kier alpha value is -2.34. The van der Waals surface area contributed by atoms with Crippen molar-refractivity contribution in [2.24, 2.45) is 0 Å². The molecule has 2 aromatic carbocycles. The molecule has 5 nitrogen and oxygen atoms in total. The average molecular weight is 461 g/mol. The van der Waals surface area contributed by atoms with Crippen molar-refractivity contribution in [1.29, 1.82) is 0 Å². The van der Waals surface area contributed by atoms with E-state index in [0.29, 0.717) is 29.5 Å². The molecule has 2 rings (SSSR count). The van der Waals surface area contributed by atoms with E-state index >= 15 is 0 Å². The van der Waals surface area contributed by atoms with Crippen molar-refractivity contribution < 1.29 is 14.3 Å². The Bertz CT molecular complexity index is 821. The predicted molar refractivity (Wildman–Crippen MR) is 121 cm³/mol. The van der Waals surface area contributed by atoms with Gasteiger partial charge < -0.3 is 15.4 Å². The number of hydrogen-bond acceptors (Lipinski definition) is 3. The Kier molecular flexibility index (Phi) is 9.19. The Balaban J connectivity index is 1.85. The van der Waals surface area contributed by atoms with Crippen LogP contribution in [-0.2, 0) is 4.79 Å². The van der Waals surface area contributed by atoms with Crippen LogP contribution in [0.2, 0.25) is 0 Å². The van der Waals surface area contributed by atoms with Crippen LogP contribution in [0.1, 0.15) is 61.9 Å². The predicted octanol–water partition coefficient (Wildman–Crippen LogP) is 5.51. The lowest BCUT2D eigenvalue weighted by Crippen LogP contribution is -2.24. The number of amides is 2. The minimum absolute atomic E-state index is 0.0967. The molecule has 0 fully saturated rings. The number of ether oxygens (including phenoxy) is 1. The second-order valence-electron chi connectivity index (χ2n) is 7.02. The number of anilines is 1. The second kappa shape index (κ2) is 11.6. The standard InChI is InChI=1S/C23H29BrN2O3/c1-4-6-13-25-23(28)17-7-10-19(11-8-17)26-22(27)15-29-21-12-9-18(14-20(21)24)16(3)5-2/h7-12,14,16H,4-6,13,15H2,1-3H3,(H,25,28)(H,26,27). The molecule has 2 aromatic rings. The summed E-state index contributed by atoms with van der Waals surface area (Å²) in [6, 6.07) is 12.8. The highest BCUT2D eigenvalue weighted by Gasteiger charge is 2.10. The molecular weight excluding hydrogens is 432 g/mol. The molecule has 0 aliphatic carbocycles. The van der Waals surface area contributed by atoms with Crippen LogP contribution in [-0.4, -0.2) is 25.0 Å². The van der Waals surface area contributed by atoms with Crippen molar-refractivity contribution in [2.75, 3.05) is 18.5 Å². The summed E-state index contributed by atoms with van der Waals surface area (Å²) in [4.78, 5) is 24.2. The van der Waals surface area contributed by atoms with Crippen molar-refractivity contribution >= 4 is 33.4 Å². The van der Waals surface area contributed by atoms with Crippen LogP contribution in [0.5, 0.6) is 5.75 Å². The fourth-order valence-corrected chi connectivity index (χ4v) is 3.21. The van der Waals surface area contributed by atoms with Gasteiger partial charge in [-0.3, -0.25) is 9.59 Å². The maximum absolute atomic E-state index is 12.2. The molecule has 156 valence electrons. The van der Waals surface area contributed by atoms with Gasteiger partial charge in [-0.25, -0.2) is 0 Å². The highest BCUT2D eigenvalue weighted by molar-refractivity contribution is 9.10. The molecule has 0 saturated carbocycles. The zero-order valence-electron chi connectivity index (χ0n) is 17.3. The van der Waals surface area contributed by atoms with Crippen LogP contribution in [0.4, 0.5) is 5.69 Å². The molecule has 0 saturated heterocycles. The molecule has 0 heterocycles. The lowest BCUT2D eigenvalue weighted by molar-refractivity contribution is -0.118. The van der Waals surface area contributed by atoms with Gasteiger partial charge in [-0.2, -0.15) is 0 Å². The van der Waals surface area contributed by atoms with Gasteiger partial charge in [0.25, 0.3) is 11.8 Å². The molecule has 6 heteroatoms. The molecule has 1 unspecified atom stereocenters. The van der Waals surface area contributed by atoms with E-state index in [1.54, 1.807) is 24.3 Å². The largest absolute Gasteiger partial charge is 0.483 e. The maximum atomic E-state index is 12.2. The number of carbonyl (C=O) groups is 2. The van der Waals surface area contributed by atoms with Gasteiger partial charge in [0.1, 0.15) is 5.75 Å². The minimum Gasteiger partial charge on any atom is -0.483 e. The number of benzene rings is 2. The monoisotopic (exact) mass is 460 g/mol. The third-order valence-corrected chi connectivity index (χ3v) is 5.36. The highest BCUT2D eigenvalue weighted by atomic mass is 79.9. The number of nitrogens with one attached hydrogen (secondary N) is 2. The number of rotatable bonds is 10. The number of hydrogen-bond donors (Lipinski definition) is 2. The summed E-state index contributed by atoms with van der Waals surface area (Å²) in [6.45, 7) is 6.97. The van der Waals surface area contributed by atoms with E-state index in [4.69, 9.17) is 4.74 Å². The SMILES string of the molecule is CCCCNC(=O)c1ccc(NC(=O)COc2ccc(C(C)CC)cc2Br)cc1. The molecule has 0 spiro atoms. The van der Waals surface area contributed by atoms with E-state index in [-0.39, 0.29) is 18.4 Å². The quantitative estimate of drug-likeness (QED) is 0.459. The van der Waals surface area contributed by atoms with Crippen LogP contribution in [0.3, 0.4) is 0 Å². The Morgan fingerprint density at radius 3 is 2.45 bits per heavy atom. The fraction of sp³-hybridized carbons (Fsp3) is 0.391. The lowest BCUT2D eigenvalue weighted by atomic mass is 9.99. The summed E-state index contributed by atoms with van der Waals surface area (Å²) in [7, 11) is 0. The number of halogens is 1. The van der Waals surface area contributed by atoms with Crippen molar-refractivity contribution in [1.82, 2.24) is 5.32 Å². The summed E-state index contributed by atoms with van der Waals surface area (Å²) in [6.07, 6.45) is 3.05. The third kappa shape index (κ3) is 7.20. The molecule has 29 heavy (non-hydrogen) atoms. The number of carbonyl (C=O) groups excluding carboxylic acids is 2. The summed E-state index contributed by atoms with van der Waals surface area (Å²) < 4.78 is 6.47. The van der Waals surface area contributed by atoms with Crippen molar-refractivity contribution in [3.63, 3.8) is 0 Å². The van der Waals surface area contributed by atoms with Crippen molar-refractivity contribution in [2.45, 2.75) is 46.0 Å². The molecule has 2 amide bonds. The topological polar surface area (TPSA) is 67.4 Å². The first kappa shape index (κ1) is 22.9. The molecule has 0 bridgehead atoms. The first-order valence-electron chi connectivity index (χ1n) is 10.0. The number of unbranched alkanes of at least 4 members (excludes halogenated alkanes) is 1. The third-order valence-electron chi connectivity index (χ3n) is 4.74. The van der Waals surface area contributed by atoms with Crippen LogP contribution >= 0.6 is 15.9 Å². The molecule has 0 aromatic heterocycles. The van der Waals surface area contributed by atoms with Gasteiger partial charge in [0, 0.05) is 17.8 Å². The molecule has 2 N–H and O–H groups in total. The van der Waals surface area contributed by atoms with Crippen molar-refractivity contribution in [3.05, 3.63) is 58.1 Å². The van der Waals surface area contributed by atoms with Gasteiger partial charge in [0.05, 0.1) is 4.47 Å². The first-order chi connectivity index (χ1) is 13.9. The van der Waals surface area contributed by atoms with E-state index in [0.717, 1.165) is 23.7 Å². The Morgan fingerprint density at radius 1 is 1.10 bits per heavy atom. The van der Waals surface area contributed by atoms with Gasteiger partial charge in [-0.05, 0) is 76.7 Å². The van der Waals surface area contributed by atoms with Gasteiger partial charge in [-0.1, -0.05) is 33.3 Å². The highest BCUT2D eigenvalue weighted by Crippen LogP contribution is 2.30. The molecular formula is C23H29BrN2O3. The first-order valence-corrected chi connectivity index (χ1v) is 10.8. The second-order valence-corrected chi connectivity index (χ2v) is 7.88. The maximum Gasteiger partial charge on any atom is 0.262 e. The molecule has 0 aliphatic rings. The van der Waals surface area contributed by atoms with Crippen LogP contribution in [0, 0.1) is 0 Å². The van der Waals surface area contributed by atoms with Gasteiger partial charge in [0.2, 0.25) is 0 Å². The van der Waals surface area contributed by atoms with Crippen molar-refractivity contribution in [3.8, 4) is 5.75 Å². The van der Waals surface area contributed by atoms with E-state index in [1.165, 1.54) is 5.56 Å². The Morgan fingerprint density at radius 2 is 1.83 bits per heavy atom. The summed E-state index contributed by atoms with van der Waals surface area (Å²) in [5.74, 6) is 0.736. The summed E-state index contributed by atoms with van der Waals surface area (Å²) in [5, 5.41) is 5.65. The van der Waals surface area contributed by atoms with E-state index < -0.39 is 0 Å². The summed E-state index contributed by atoms with van der Waals surface area (Å²) >= 11 is 3.51. The normalized spacial score (nSPS) is 11.6. The average Bonchev–Trinajstić information content (AvgIpc) is 2.72. The van der Waals surface area contributed by atoms with E-state index in [2.05, 4.69) is 47.3 Å². The molecule has 1 atom stereocenters. The Labute approximate surface area is 181 Å². The molecule has 0 aliphatic heterocycles.